The number of phenols is 1. The molecule has 0 aliphatic rings. The summed E-state index contributed by atoms with van der Waals surface area (Å²) in [5.74, 6) is 0.335. The molecule has 0 saturated carbocycles. The van der Waals surface area contributed by atoms with Crippen LogP contribution in [0.4, 0.5) is 0 Å². The lowest BCUT2D eigenvalue weighted by Gasteiger charge is -2.09. The summed E-state index contributed by atoms with van der Waals surface area (Å²) in [5.41, 5.74) is 7.21. The predicted octanol–water partition coefficient (Wildman–Crippen LogP) is 2.84. The summed E-state index contributed by atoms with van der Waals surface area (Å²) in [6.45, 7) is 2.17. The van der Waals surface area contributed by atoms with Crippen molar-refractivity contribution < 1.29 is 5.11 Å². The second-order valence-corrected chi connectivity index (χ2v) is 4.11. The molecule has 84 valence electrons. The second kappa shape index (κ2) is 6.46. The molecule has 3 N–H and O–H groups in total. The van der Waals surface area contributed by atoms with Gasteiger partial charge in [-0.15, -0.1) is 0 Å². The zero-order chi connectivity index (χ0) is 11.1. The Bertz CT molecular complexity index is 268. The van der Waals surface area contributed by atoms with Crippen LogP contribution >= 0.6 is 0 Å². The Hall–Kier alpha value is -1.02. The fraction of sp³-hybridized carbons (Fsp3) is 0.538. The maximum atomic E-state index is 9.12. The minimum Gasteiger partial charge on any atom is -0.508 e. The molecular weight excluding hydrogens is 186 g/mol. The average Bonchev–Trinajstić information content (AvgIpc) is 2.21. The van der Waals surface area contributed by atoms with Gasteiger partial charge in [-0.2, -0.15) is 0 Å². The van der Waals surface area contributed by atoms with Crippen molar-refractivity contribution in [2.75, 3.05) is 0 Å². The molecule has 1 atom stereocenters. The van der Waals surface area contributed by atoms with Gasteiger partial charge in [0.05, 0.1) is 0 Å². The fourth-order valence-corrected chi connectivity index (χ4v) is 1.75. The van der Waals surface area contributed by atoms with E-state index in [-0.39, 0.29) is 0 Å². The Balaban J connectivity index is 2.22. The average molecular weight is 207 g/mol. The van der Waals surface area contributed by atoms with Gasteiger partial charge >= 0.3 is 0 Å². The van der Waals surface area contributed by atoms with E-state index < -0.39 is 0 Å². The van der Waals surface area contributed by atoms with Gasteiger partial charge in [0.25, 0.3) is 0 Å². The molecule has 0 aliphatic heterocycles. The van der Waals surface area contributed by atoms with Crippen molar-refractivity contribution in [1.29, 1.82) is 0 Å². The molecule has 1 aromatic rings. The molecule has 0 aliphatic carbocycles. The van der Waals surface area contributed by atoms with Gasteiger partial charge in [-0.05, 0) is 43.4 Å². The summed E-state index contributed by atoms with van der Waals surface area (Å²) in [4.78, 5) is 0. The summed E-state index contributed by atoms with van der Waals surface area (Å²) in [5, 5.41) is 9.12. The van der Waals surface area contributed by atoms with E-state index in [0.717, 1.165) is 25.7 Å². The van der Waals surface area contributed by atoms with E-state index in [1.165, 1.54) is 12.0 Å². The van der Waals surface area contributed by atoms with Crippen LogP contribution in [0, 0.1) is 0 Å². The molecular formula is C13H21NO. The van der Waals surface area contributed by atoms with Gasteiger partial charge in [-0.1, -0.05) is 25.5 Å². The lowest BCUT2D eigenvalue weighted by Crippen LogP contribution is -2.19. The summed E-state index contributed by atoms with van der Waals surface area (Å²) in [6.07, 6.45) is 5.56. The van der Waals surface area contributed by atoms with E-state index in [0.29, 0.717) is 11.8 Å². The van der Waals surface area contributed by atoms with Gasteiger partial charge in [0.1, 0.15) is 5.75 Å². The third-order valence-corrected chi connectivity index (χ3v) is 2.64. The van der Waals surface area contributed by atoms with Gasteiger partial charge in [0.15, 0.2) is 0 Å². The summed E-state index contributed by atoms with van der Waals surface area (Å²) in [6, 6.07) is 7.77. The first-order valence-corrected chi connectivity index (χ1v) is 5.76. The SMILES string of the molecule is CCCC(N)CCCc1ccc(O)cc1. The van der Waals surface area contributed by atoms with Crippen LogP contribution in [-0.4, -0.2) is 11.1 Å². The van der Waals surface area contributed by atoms with E-state index in [1.807, 2.05) is 12.1 Å². The van der Waals surface area contributed by atoms with Gasteiger partial charge in [0.2, 0.25) is 0 Å². The number of benzene rings is 1. The topological polar surface area (TPSA) is 46.2 Å². The Morgan fingerprint density at radius 3 is 2.47 bits per heavy atom. The molecule has 1 unspecified atom stereocenters. The van der Waals surface area contributed by atoms with Crippen molar-refractivity contribution in [1.82, 2.24) is 0 Å². The van der Waals surface area contributed by atoms with Gasteiger partial charge < -0.3 is 10.8 Å². The quantitative estimate of drug-likeness (QED) is 0.753. The summed E-state index contributed by atoms with van der Waals surface area (Å²) >= 11 is 0. The smallest absolute Gasteiger partial charge is 0.115 e. The van der Waals surface area contributed by atoms with Crippen LogP contribution in [0.25, 0.3) is 0 Å². The molecule has 0 fully saturated rings. The molecule has 0 radical (unpaired) electrons. The van der Waals surface area contributed by atoms with E-state index in [2.05, 4.69) is 6.92 Å². The highest BCUT2D eigenvalue weighted by molar-refractivity contribution is 5.25. The molecule has 2 nitrogen and oxygen atoms in total. The largest absolute Gasteiger partial charge is 0.508 e. The lowest BCUT2D eigenvalue weighted by molar-refractivity contribution is 0.475. The number of nitrogens with two attached hydrogens (primary N) is 1. The van der Waals surface area contributed by atoms with Crippen LogP contribution in [-0.2, 0) is 6.42 Å². The van der Waals surface area contributed by atoms with E-state index >= 15 is 0 Å². The third kappa shape index (κ3) is 4.84. The van der Waals surface area contributed by atoms with Crippen LogP contribution in [0.3, 0.4) is 0 Å². The van der Waals surface area contributed by atoms with Crippen LogP contribution in [0.15, 0.2) is 24.3 Å². The highest BCUT2D eigenvalue weighted by Crippen LogP contribution is 2.12. The van der Waals surface area contributed by atoms with E-state index in [9.17, 15) is 0 Å². The maximum Gasteiger partial charge on any atom is 0.115 e. The minimum absolute atomic E-state index is 0.335. The molecule has 0 spiro atoms. The highest BCUT2D eigenvalue weighted by Gasteiger charge is 2.01. The first-order valence-electron chi connectivity index (χ1n) is 5.76. The lowest BCUT2D eigenvalue weighted by atomic mass is 10.0. The molecule has 0 aromatic heterocycles. The first-order chi connectivity index (χ1) is 7.22. The van der Waals surface area contributed by atoms with Crippen LogP contribution in [0.2, 0.25) is 0 Å². The van der Waals surface area contributed by atoms with Crippen molar-refractivity contribution in [3.8, 4) is 5.75 Å². The molecule has 0 heterocycles. The minimum atomic E-state index is 0.335. The molecule has 2 heteroatoms. The number of hydrogen-bond acceptors (Lipinski definition) is 2. The number of rotatable bonds is 6. The zero-order valence-electron chi connectivity index (χ0n) is 9.45. The van der Waals surface area contributed by atoms with E-state index in [1.54, 1.807) is 12.1 Å². The summed E-state index contributed by atoms with van der Waals surface area (Å²) < 4.78 is 0. The third-order valence-electron chi connectivity index (χ3n) is 2.64. The standard InChI is InChI=1S/C13H21NO/c1-2-4-12(14)6-3-5-11-7-9-13(15)10-8-11/h7-10,12,15H,2-6,14H2,1H3. The van der Waals surface area contributed by atoms with E-state index in [4.69, 9.17) is 10.8 Å². The van der Waals surface area contributed by atoms with Crippen LogP contribution in [0.1, 0.15) is 38.2 Å². The maximum absolute atomic E-state index is 9.12. The Labute approximate surface area is 92.1 Å². The zero-order valence-corrected chi connectivity index (χ0v) is 9.45. The van der Waals surface area contributed by atoms with Gasteiger partial charge in [-0.3, -0.25) is 0 Å². The first kappa shape index (κ1) is 12.1. The van der Waals surface area contributed by atoms with Crippen molar-refractivity contribution >= 4 is 0 Å². The number of hydrogen-bond donors (Lipinski definition) is 2. The van der Waals surface area contributed by atoms with Crippen molar-refractivity contribution in [2.24, 2.45) is 5.73 Å². The Morgan fingerprint density at radius 1 is 1.20 bits per heavy atom. The Morgan fingerprint density at radius 2 is 1.87 bits per heavy atom. The highest BCUT2D eigenvalue weighted by atomic mass is 16.3. The van der Waals surface area contributed by atoms with Crippen molar-refractivity contribution in [2.45, 2.75) is 45.1 Å². The number of aromatic hydroxyl groups is 1. The molecule has 0 bridgehead atoms. The normalized spacial score (nSPS) is 12.7. The molecule has 1 rings (SSSR count). The number of aryl methyl sites for hydroxylation is 1. The van der Waals surface area contributed by atoms with Crippen LogP contribution in [0.5, 0.6) is 5.75 Å². The number of phenolic OH excluding ortho intramolecular Hbond substituents is 1. The molecule has 15 heavy (non-hydrogen) atoms. The molecule has 0 saturated heterocycles. The molecule has 0 amide bonds. The monoisotopic (exact) mass is 207 g/mol. The second-order valence-electron chi connectivity index (χ2n) is 4.11. The summed E-state index contributed by atoms with van der Waals surface area (Å²) in [7, 11) is 0. The Kier molecular flexibility index (Phi) is 5.19. The van der Waals surface area contributed by atoms with Crippen LogP contribution < -0.4 is 5.73 Å². The fourth-order valence-electron chi connectivity index (χ4n) is 1.75. The van der Waals surface area contributed by atoms with Gasteiger partial charge in [0, 0.05) is 6.04 Å². The van der Waals surface area contributed by atoms with Crippen molar-refractivity contribution in [3.05, 3.63) is 29.8 Å². The van der Waals surface area contributed by atoms with Gasteiger partial charge in [-0.25, -0.2) is 0 Å². The molecule has 1 aromatic carbocycles. The predicted molar refractivity (Wildman–Crippen MR) is 63.9 cm³/mol. The van der Waals surface area contributed by atoms with Crippen molar-refractivity contribution in [3.63, 3.8) is 0 Å².